The van der Waals surface area contributed by atoms with Crippen LogP contribution in [-0.2, 0) is 13.6 Å². The quantitative estimate of drug-likeness (QED) is 0.832. The molecular weight excluding hydrogens is 194 g/mol. The number of aromatic nitrogens is 2. The summed E-state index contributed by atoms with van der Waals surface area (Å²) in [7, 11) is 3.97. The molecule has 2 heterocycles. The molecule has 0 saturated heterocycles. The zero-order chi connectivity index (χ0) is 9.97. The summed E-state index contributed by atoms with van der Waals surface area (Å²) >= 11 is 1.75. The fraction of sp³-hybridized carbons (Fsp3) is 0.300. The van der Waals surface area contributed by atoms with E-state index in [1.54, 1.807) is 11.3 Å². The van der Waals surface area contributed by atoms with Crippen LogP contribution >= 0.6 is 11.3 Å². The van der Waals surface area contributed by atoms with Gasteiger partial charge >= 0.3 is 0 Å². The first-order chi connectivity index (χ1) is 6.83. The van der Waals surface area contributed by atoms with Crippen molar-refractivity contribution in [3.63, 3.8) is 0 Å². The van der Waals surface area contributed by atoms with Gasteiger partial charge in [0.05, 0.1) is 22.6 Å². The van der Waals surface area contributed by atoms with Crippen LogP contribution in [0.15, 0.2) is 23.8 Å². The van der Waals surface area contributed by atoms with Gasteiger partial charge in [0.2, 0.25) is 0 Å². The molecule has 0 amide bonds. The van der Waals surface area contributed by atoms with Crippen molar-refractivity contribution in [1.29, 1.82) is 0 Å². The molecule has 0 spiro atoms. The molecule has 2 aromatic heterocycles. The van der Waals surface area contributed by atoms with E-state index in [2.05, 4.69) is 32.4 Å². The minimum atomic E-state index is 0.814. The Kier molecular flexibility index (Phi) is 2.65. The molecule has 0 saturated carbocycles. The van der Waals surface area contributed by atoms with Gasteiger partial charge in [-0.05, 0) is 18.5 Å². The third-order valence-electron chi connectivity index (χ3n) is 2.11. The fourth-order valence-electron chi connectivity index (χ4n) is 1.50. The van der Waals surface area contributed by atoms with Crippen molar-refractivity contribution in [2.75, 3.05) is 7.05 Å². The fourth-order valence-corrected chi connectivity index (χ4v) is 2.34. The van der Waals surface area contributed by atoms with Crippen LogP contribution in [0.5, 0.6) is 0 Å². The number of nitrogens with one attached hydrogen (secondary N) is 1. The summed E-state index contributed by atoms with van der Waals surface area (Å²) in [6, 6.07) is 4.19. The highest BCUT2D eigenvalue weighted by molar-refractivity contribution is 7.13. The van der Waals surface area contributed by atoms with E-state index >= 15 is 0 Å². The van der Waals surface area contributed by atoms with Crippen LogP contribution < -0.4 is 5.32 Å². The second kappa shape index (κ2) is 3.94. The molecule has 74 valence electrons. The molecule has 2 rings (SSSR count). The Bertz CT molecular complexity index is 403. The topological polar surface area (TPSA) is 29.9 Å². The maximum atomic E-state index is 4.37. The second-order valence-electron chi connectivity index (χ2n) is 3.16. The zero-order valence-corrected chi connectivity index (χ0v) is 9.14. The van der Waals surface area contributed by atoms with Gasteiger partial charge in [0.1, 0.15) is 0 Å². The van der Waals surface area contributed by atoms with Gasteiger partial charge in [0, 0.05) is 13.6 Å². The Morgan fingerprint density at radius 3 is 3.07 bits per heavy atom. The molecular formula is C10H13N3S. The van der Waals surface area contributed by atoms with Crippen LogP contribution in [0.2, 0.25) is 0 Å². The minimum absolute atomic E-state index is 0.814. The summed E-state index contributed by atoms with van der Waals surface area (Å²) in [5, 5.41) is 5.22. The summed E-state index contributed by atoms with van der Waals surface area (Å²) in [5.41, 5.74) is 2.33. The van der Waals surface area contributed by atoms with Gasteiger partial charge < -0.3 is 9.88 Å². The molecule has 0 aliphatic carbocycles. The van der Waals surface area contributed by atoms with Crippen molar-refractivity contribution in [2.45, 2.75) is 6.54 Å². The lowest BCUT2D eigenvalue weighted by Crippen LogP contribution is -2.06. The minimum Gasteiger partial charge on any atom is -0.333 e. The number of hydrogen-bond acceptors (Lipinski definition) is 3. The van der Waals surface area contributed by atoms with E-state index < -0.39 is 0 Å². The molecule has 0 atom stereocenters. The van der Waals surface area contributed by atoms with Crippen molar-refractivity contribution in [1.82, 2.24) is 14.9 Å². The van der Waals surface area contributed by atoms with Gasteiger partial charge in [-0.25, -0.2) is 4.98 Å². The van der Waals surface area contributed by atoms with Gasteiger partial charge in [0.15, 0.2) is 0 Å². The van der Waals surface area contributed by atoms with Crippen molar-refractivity contribution in [3.05, 3.63) is 29.5 Å². The molecule has 0 unspecified atom stereocenters. The van der Waals surface area contributed by atoms with E-state index in [9.17, 15) is 0 Å². The monoisotopic (exact) mass is 207 g/mol. The highest BCUT2D eigenvalue weighted by Crippen LogP contribution is 2.26. The first kappa shape index (κ1) is 9.43. The lowest BCUT2D eigenvalue weighted by Gasteiger charge is -2.02. The van der Waals surface area contributed by atoms with E-state index in [4.69, 9.17) is 0 Å². The van der Waals surface area contributed by atoms with Gasteiger partial charge in [0.25, 0.3) is 0 Å². The van der Waals surface area contributed by atoms with Crippen molar-refractivity contribution >= 4 is 11.3 Å². The van der Waals surface area contributed by atoms with E-state index in [1.165, 1.54) is 10.6 Å². The maximum absolute atomic E-state index is 4.37. The standard InChI is InChI=1S/C10H13N3S/c1-11-6-8-10(13(2)7-12-8)9-4-3-5-14-9/h3-5,7,11H,6H2,1-2H3. The summed E-state index contributed by atoms with van der Waals surface area (Å²) in [4.78, 5) is 5.64. The maximum Gasteiger partial charge on any atom is 0.0952 e. The van der Waals surface area contributed by atoms with Crippen LogP contribution in [0, 0.1) is 0 Å². The lowest BCUT2D eigenvalue weighted by atomic mass is 10.2. The zero-order valence-electron chi connectivity index (χ0n) is 8.32. The van der Waals surface area contributed by atoms with E-state index in [0.717, 1.165) is 12.2 Å². The Morgan fingerprint density at radius 2 is 2.43 bits per heavy atom. The Balaban J connectivity index is 2.45. The van der Waals surface area contributed by atoms with Crippen LogP contribution in [0.4, 0.5) is 0 Å². The first-order valence-corrected chi connectivity index (χ1v) is 5.39. The molecule has 14 heavy (non-hydrogen) atoms. The molecule has 0 fully saturated rings. The summed E-state index contributed by atoms with van der Waals surface area (Å²) in [5.74, 6) is 0. The van der Waals surface area contributed by atoms with Crippen LogP contribution in [-0.4, -0.2) is 16.6 Å². The number of imidazole rings is 1. The van der Waals surface area contributed by atoms with E-state index in [-0.39, 0.29) is 0 Å². The average Bonchev–Trinajstić information content (AvgIpc) is 2.76. The molecule has 4 heteroatoms. The average molecular weight is 207 g/mol. The van der Waals surface area contributed by atoms with Crippen LogP contribution in [0.25, 0.3) is 10.6 Å². The molecule has 2 aromatic rings. The highest BCUT2D eigenvalue weighted by Gasteiger charge is 2.10. The normalized spacial score (nSPS) is 10.7. The number of hydrogen-bond donors (Lipinski definition) is 1. The van der Waals surface area contributed by atoms with Gasteiger partial charge in [-0.2, -0.15) is 0 Å². The molecule has 0 aromatic carbocycles. The van der Waals surface area contributed by atoms with Crippen molar-refractivity contribution in [3.8, 4) is 10.6 Å². The Labute approximate surface area is 87.4 Å². The van der Waals surface area contributed by atoms with E-state index in [1.807, 2.05) is 20.4 Å². The predicted molar refractivity (Wildman–Crippen MR) is 59.3 cm³/mol. The Hall–Kier alpha value is -1.13. The number of nitrogens with zero attached hydrogens (tertiary/aromatic N) is 2. The second-order valence-corrected chi connectivity index (χ2v) is 4.11. The van der Waals surface area contributed by atoms with Crippen molar-refractivity contribution in [2.24, 2.45) is 7.05 Å². The third-order valence-corrected chi connectivity index (χ3v) is 2.99. The van der Waals surface area contributed by atoms with Crippen molar-refractivity contribution < 1.29 is 0 Å². The number of aryl methyl sites for hydroxylation is 1. The molecule has 1 N–H and O–H groups in total. The molecule has 3 nitrogen and oxygen atoms in total. The summed E-state index contributed by atoms with van der Waals surface area (Å²) in [6.45, 7) is 0.814. The number of thiophene rings is 1. The Morgan fingerprint density at radius 1 is 1.57 bits per heavy atom. The largest absolute Gasteiger partial charge is 0.333 e. The smallest absolute Gasteiger partial charge is 0.0952 e. The number of rotatable bonds is 3. The molecule has 0 radical (unpaired) electrons. The predicted octanol–water partition coefficient (Wildman–Crippen LogP) is 1.87. The molecule has 0 bridgehead atoms. The van der Waals surface area contributed by atoms with Gasteiger partial charge in [-0.1, -0.05) is 6.07 Å². The molecule has 0 aliphatic heterocycles. The summed E-state index contributed by atoms with van der Waals surface area (Å²) < 4.78 is 2.07. The first-order valence-electron chi connectivity index (χ1n) is 4.51. The van der Waals surface area contributed by atoms with Gasteiger partial charge in [-0.15, -0.1) is 11.3 Å². The summed E-state index contributed by atoms with van der Waals surface area (Å²) in [6.07, 6.45) is 1.86. The van der Waals surface area contributed by atoms with E-state index in [0.29, 0.717) is 0 Å². The third kappa shape index (κ3) is 1.58. The SMILES string of the molecule is CNCc1ncn(C)c1-c1cccs1. The molecule has 0 aliphatic rings. The highest BCUT2D eigenvalue weighted by atomic mass is 32.1. The lowest BCUT2D eigenvalue weighted by molar-refractivity contribution is 0.798. The van der Waals surface area contributed by atoms with Crippen LogP contribution in [0.1, 0.15) is 5.69 Å². The van der Waals surface area contributed by atoms with Crippen LogP contribution in [0.3, 0.4) is 0 Å². The van der Waals surface area contributed by atoms with Gasteiger partial charge in [-0.3, -0.25) is 0 Å².